The standard InChI is InChI=1S/C21H34N4O3S/c1-4-22-19(26)25-15-20(2)13-24(14-21(20,3)16-25)18-7-5-17(6-8-18)23-9-11-29(27,28)12-10-23/h5-8,27-28H,4,9-16H2,1-3H3,(H,22,26)/t20-,21+. The number of rotatable bonds is 3. The summed E-state index contributed by atoms with van der Waals surface area (Å²) in [4.78, 5) is 19.0. The molecule has 4 rings (SSSR count). The fourth-order valence-corrected chi connectivity index (χ4v) is 6.34. The van der Waals surface area contributed by atoms with Gasteiger partial charge in [-0.3, -0.25) is 9.11 Å². The summed E-state index contributed by atoms with van der Waals surface area (Å²) in [6.07, 6.45) is 0. The normalized spacial score (nSPS) is 32.2. The summed E-state index contributed by atoms with van der Waals surface area (Å²) in [6.45, 7) is 12.1. The summed E-state index contributed by atoms with van der Waals surface area (Å²) in [5, 5.41) is 2.94. The third kappa shape index (κ3) is 3.78. The minimum atomic E-state index is -2.36. The molecule has 3 heterocycles. The molecule has 1 aromatic carbocycles. The minimum absolute atomic E-state index is 0.0541. The quantitative estimate of drug-likeness (QED) is 0.697. The van der Waals surface area contributed by atoms with Crippen LogP contribution in [-0.4, -0.2) is 77.4 Å². The van der Waals surface area contributed by atoms with Gasteiger partial charge in [-0.2, -0.15) is 10.6 Å². The molecule has 1 aromatic rings. The van der Waals surface area contributed by atoms with E-state index in [0.717, 1.165) is 31.9 Å². The summed E-state index contributed by atoms with van der Waals surface area (Å²) >= 11 is 0. The summed E-state index contributed by atoms with van der Waals surface area (Å²) in [6, 6.07) is 8.70. The van der Waals surface area contributed by atoms with Crippen LogP contribution in [0.4, 0.5) is 16.2 Å². The second-order valence-electron chi connectivity index (χ2n) is 9.38. The number of hydrogen-bond donors (Lipinski definition) is 3. The lowest BCUT2D eigenvalue weighted by Gasteiger charge is -2.42. The van der Waals surface area contributed by atoms with Gasteiger partial charge >= 0.3 is 6.03 Å². The van der Waals surface area contributed by atoms with Crippen molar-refractivity contribution < 1.29 is 13.9 Å². The molecule has 0 radical (unpaired) electrons. The van der Waals surface area contributed by atoms with E-state index in [0.29, 0.717) is 31.1 Å². The molecule has 3 saturated heterocycles. The van der Waals surface area contributed by atoms with E-state index in [4.69, 9.17) is 0 Å². The highest BCUT2D eigenvalue weighted by Gasteiger charge is 2.58. The number of urea groups is 1. The Morgan fingerprint density at radius 3 is 1.93 bits per heavy atom. The summed E-state index contributed by atoms with van der Waals surface area (Å²) in [5.41, 5.74) is 2.52. The maximum absolute atomic E-state index is 12.3. The van der Waals surface area contributed by atoms with Crippen LogP contribution in [0, 0.1) is 10.8 Å². The molecule has 7 nitrogen and oxygen atoms in total. The molecule has 29 heavy (non-hydrogen) atoms. The van der Waals surface area contributed by atoms with Gasteiger partial charge in [-0.15, -0.1) is 0 Å². The number of likely N-dealkylation sites (tertiary alicyclic amines) is 1. The topological polar surface area (TPSA) is 79.3 Å². The highest BCUT2D eigenvalue weighted by molar-refractivity contribution is 8.24. The zero-order valence-electron chi connectivity index (χ0n) is 17.7. The first-order valence-electron chi connectivity index (χ1n) is 10.5. The maximum Gasteiger partial charge on any atom is 0.317 e. The van der Waals surface area contributed by atoms with Gasteiger partial charge < -0.3 is 20.0 Å². The number of nitrogens with one attached hydrogen (secondary N) is 1. The number of benzene rings is 1. The molecule has 162 valence electrons. The van der Waals surface area contributed by atoms with Crippen molar-refractivity contribution in [1.29, 1.82) is 0 Å². The van der Waals surface area contributed by atoms with Crippen LogP contribution in [0.5, 0.6) is 0 Å². The largest absolute Gasteiger partial charge is 0.370 e. The maximum atomic E-state index is 12.3. The molecule has 3 fully saturated rings. The van der Waals surface area contributed by atoms with E-state index in [1.165, 1.54) is 5.69 Å². The Hall–Kier alpha value is -1.64. The van der Waals surface area contributed by atoms with Crippen molar-refractivity contribution >= 4 is 28.0 Å². The summed E-state index contributed by atoms with van der Waals surface area (Å²) in [7, 11) is -2.36. The van der Waals surface area contributed by atoms with Gasteiger partial charge in [0.1, 0.15) is 0 Å². The predicted octanol–water partition coefficient (Wildman–Crippen LogP) is 3.13. The lowest BCUT2D eigenvalue weighted by molar-refractivity contribution is 0.203. The van der Waals surface area contributed by atoms with E-state index in [1.807, 2.05) is 11.8 Å². The first-order valence-corrected chi connectivity index (χ1v) is 12.4. The highest BCUT2D eigenvalue weighted by atomic mass is 32.3. The molecule has 2 atom stereocenters. The fraction of sp³-hybridized carbons (Fsp3) is 0.667. The monoisotopic (exact) mass is 422 g/mol. The van der Waals surface area contributed by atoms with Gasteiger partial charge in [0.2, 0.25) is 0 Å². The third-order valence-corrected chi connectivity index (χ3v) is 8.86. The average Bonchev–Trinajstić information content (AvgIpc) is 3.07. The Balaban J connectivity index is 1.42. The van der Waals surface area contributed by atoms with E-state index in [1.54, 1.807) is 0 Å². The molecule has 0 aromatic heterocycles. The lowest BCUT2D eigenvalue weighted by Crippen LogP contribution is -2.41. The number of fused-ring (bicyclic) bond motifs is 1. The van der Waals surface area contributed by atoms with Crippen LogP contribution in [0.2, 0.25) is 0 Å². The van der Waals surface area contributed by atoms with Crippen LogP contribution in [0.15, 0.2) is 24.3 Å². The molecular formula is C21H34N4O3S. The molecule has 0 saturated carbocycles. The van der Waals surface area contributed by atoms with Crippen LogP contribution < -0.4 is 15.1 Å². The SMILES string of the molecule is CCNC(=O)N1C[C@@]2(C)CN(c3ccc(N4CCS(O)(O)CC4)cc3)C[C@@]2(C)C1. The van der Waals surface area contributed by atoms with Crippen molar-refractivity contribution in [3.8, 4) is 0 Å². The molecule has 0 bridgehead atoms. The molecule has 3 aliphatic rings. The smallest absolute Gasteiger partial charge is 0.317 e. The van der Waals surface area contributed by atoms with Gasteiger partial charge in [0.15, 0.2) is 0 Å². The Labute approximate surface area is 175 Å². The molecule has 0 aliphatic carbocycles. The van der Waals surface area contributed by atoms with E-state index < -0.39 is 10.6 Å². The van der Waals surface area contributed by atoms with E-state index in [-0.39, 0.29) is 16.9 Å². The van der Waals surface area contributed by atoms with Crippen LogP contribution in [0.3, 0.4) is 0 Å². The molecular weight excluding hydrogens is 388 g/mol. The van der Waals surface area contributed by atoms with Crippen molar-refractivity contribution in [3.05, 3.63) is 24.3 Å². The van der Waals surface area contributed by atoms with Crippen molar-refractivity contribution in [1.82, 2.24) is 10.2 Å². The fourth-order valence-electron chi connectivity index (χ4n) is 5.11. The van der Waals surface area contributed by atoms with Crippen LogP contribution in [0.25, 0.3) is 0 Å². The molecule has 0 spiro atoms. The Kier molecular flexibility index (Phi) is 5.16. The molecule has 0 unspecified atom stereocenters. The van der Waals surface area contributed by atoms with E-state index in [9.17, 15) is 13.9 Å². The third-order valence-electron chi connectivity index (χ3n) is 7.19. The minimum Gasteiger partial charge on any atom is -0.370 e. The van der Waals surface area contributed by atoms with Crippen LogP contribution in [-0.2, 0) is 0 Å². The van der Waals surface area contributed by atoms with E-state index in [2.05, 4.69) is 53.2 Å². The number of anilines is 2. The lowest BCUT2D eigenvalue weighted by atomic mass is 9.71. The molecule has 3 N–H and O–H groups in total. The number of carbonyl (C=O) groups excluding carboxylic acids is 1. The van der Waals surface area contributed by atoms with Crippen LogP contribution >= 0.6 is 10.6 Å². The molecule has 3 aliphatic heterocycles. The second kappa shape index (κ2) is 7.25. The van der Waals surface area contributed by atoms with Crippen molar-refractivity contribution in [2.45, 2.75) is 20.8 Å². The summed E-state index contributed by atoms with van der Waals surface area (Å²) < 4.78 is 19.6. The second-order valence-corrected chi connectivity index (χ2v) is 11.8. The van der Waals surface area contributed by atoms with Gasteiger partial charge in [0.25, 0.3) is 0 Å². The van der Waals surface area contributed by atoms with Gasteiger partial charge in [0, 0.05) is 68.0 Å². The number of amides is 2. The average molecular weight is 423 g/mol. The Morgan fingerprint density at radius 1 is 0.966 bits per heavy atom. The number of carbonyl (C=O) groups is 1. The number of nitrogens with zero attached hydrogens (tertiary/aromatic N) is 3. The number of hydrogen-bond acceptors (Lipinski definition) is 5. The van der Waals surface area contributed by atoms with Gasteiger partial charge in [-0.05, 0) is 31.2 Å². The Bertz CT molecular complexity index is 744. The van der Waals surface area contributed by atoms with Crippen molar-refractivity contribution in [2.24, 2.45) is 10.8 Å². The zero-order chi connectivity index (χ0) is 20.9. The summed E-state index contributed by atoms with van der Waals surface area (Å²) in [5.74, 6) is 0.916. The van der Waals surface area contributed by atoms with Gasteiger partial charge in [-0.1, -0.05) is 13.8 Å². The first kappa shape index (κ1) is 20.6. The van der Waals surface area contributed by atoms with Crippen LogP contribution in [0.1, 0.15) is 20.8 Å². The van der Waals surface area contributed by atoms with Crippen molar-refractivity contribution in [3.63, 3.8) is 0 Å². The van der Waals surface area contributed by atoms with E-state index >= 15 is 0 Å². The van der Waals surface area contributed by atoms with Gasteiger partial charge in [-0.25, -0.2) is 4.79 Å². The first-order chi connectivity index (χ1) is 13.6. The molecule has 2 amide bonds. The molecule has 8 heteroatoms. The van der Waals surface area contributed by atoms with Gasteiger partial charge in [0.05, 0.1) is 11.5 Å². The Morgan fingerprint density at radius 2 is 1.45 bits per heavy atom. The highest BCUT2D eigenvalue weighted by Crippen LogP contribution is 2.52. The van der Waals surface area contributed by atoms with Crippen molar-refractivity contribution in [2.75, 3.05) is 67.1 Å². The predicted molar refractivity (Wildman–Crippen MR) is 120 cm³/mol. The zero-order valence-corrected chi connectivity index (χ0v) is 18.5.